The number of benzene rings is 2. The molecule has 2 aromatic carbocycles. The molecule has 0 radical (unpaired) electrons. The smallest absolute Gasteiger partial charge is 0.335 e. The lowest BCUT2D eigenvalue weighted by atomic mass is 10.2. The summed E-state index contributed by atoms with van der Waals surface area (Å²) in [5, 5.41) is 37.8. The first-order valence-electron chi connectivity index (χ1n) is 7.76. The molecule has 6 N–H and O–H groups in total. The molecule has 0 fully saturated rings. The van der Waals surface area contributed by atoms with E-state index in [0.717, 1.165) is 18.7 Å². The highest BCUT2D eigenvalue weighted by Crippen LogP contribution is 2.07. The second-order valence-corrected chi connectivity index (χ2v) is 5.48. The van der Waals surface area contributed by atoms with Crippen LogP contribution in [0.25, 0.3) is 0 Å². The quantitative estimate of drug-likeness (QED) is 0.507. The Morgan fingerprint density at radius 2 is 1.31 bits per heavy atom. The largest absolute Gasteiger partial charge is 0.872 e. The lowest BCUT2D eigenvalue weighted by Gasteiger charge is -2.03. The van der Waals surface area contributed by atoms with Crippen molar-refractivity contribution in [2.75, 3.05) is 27.2 Å². The van der Waals surface area contributed by atoms with Gasteiger partial charge in [0.2, 0.25) is 0 Å². The van der Waals surface area contributed by atoms with Crippen LogP contribution in [0.4, 0.5) is 0 Å². The standard InChI is InChI=1S/2C7H6O3.C4H12N2/c2*8-6-3-1-2-5(4-6)7(9)10;1-6(2)4-3-5/h2*1-4,8H,(H,9,10);3-5H2,1-2H3. The van der Waals surface area contributed by atoms with Crippen molar-refractivity contribution in [1.29, 1.82) is 0 Å². The normalized spacial score (nSPS) is 9.38. The topological polar surface area (TPSA) is 153 Å². The van der Waals surface area contributed by atoms with Crippen molar-refractivity contribution < 1.29 is 40.6 Å². The van der Waals surface area contributed by atoms with Crippen LogP contribution < -0.4 is 20.8 Å². The van der Waals surface area contributed by atoms with E-state index in [1.807, 2.05) is 0 Å². The van der Waals surface area contributed by atoms with E-state index in [1.165, 1.54) is 47.8 Å². The number of likely N-dealkylation sites (N-methyl/N-ethyl adjacent to an activating group) is 1. The maximum Gasteiger partial charge on any atom is 0.335 e. The number of carboxylic acids is 2. The predicted molar refractivity (Wildman–Crippen MR) is 91.1 cm³/mol. The van der Waals surface area contributed by atoms with E-state index in [4.69, 9.17) is 10.2 Å². The molecule has 0 aliphatic rings. The Hall–Kier alpha value is -3.10. The van der Waals surface area contributed by atoms with Crippen molar-refractivity contribution in [2.45, 2.75) is 0 Å². The van der Waals surface area contributed by atoms with Gasteiger partial charge in [0.05, 0.1) is 25.2 Å². The summed E-state index contributed by atoms with van der Waals surface area (Å²) in [6.07, 6.45) is 0. The van der Waals surface area contributed by atoms with E-state index in [0.29, 0.717) is 0 Å². The van der Waals surface area contributed by atoms with Gasteiger partial charge in [-0.3, -0.25) is 0 Å². The van der Waals surface area contributed by atoms with Crippen LogP contribution in [0.5, 0.6) is 11.5 Å². The highest BCUT2D eigenvalue weighted by atomic mass is 16.4. The maximum absolute atomic E-state index is 10.5. The molecule has 0 spiro atoms. The van der Waals surface area contributed by atoms with Gasteiger partial charge in [0.1, 0.15) is 13.1 Å². The number of rotatable bonds is 4. The van der Waals surface area contributed by atoms with Crippen LogP contribution >= 0.6 is 0 Å². The van der Waals surface area contributed by atoms with Crippen molar-refractivity contribution in [3.8, 4) is 11.5 Å². The van der Waals surface area contributed by atoms with Gasteiger partial charge in [-0.2, -0.15) is 0 Å². The zero-order valence-electron chi connectivity index (χ0n) is 14.8. The van der Waals surface area contributed by atoms with Gasteiger partial charge in [-0.15, -0.1) is 11.5 Å². The van der Waals surface area contributed by atoms with Gasteiger partial charge in [-0.1, -0.05) is 36.4 Å². The van der Waals surface area contributed by atoms with Gasteiger partial charge in [0.15, 0.2) is 0 Å². The number of quaternary nitrogens is 2. The van der Waals surface area contributed by atoms with Crippen molar-refractivity contribution in [3.05, 3.63) is 59.7 Å². The number of nitrogens with one attached hydrogen (secondary N) is 1. The summed E-state index contributed by atoms with van der Waals surface area (Å²) in [6, 6.07) is 10.4. The van der Waals surface area contributed by atoms with E-state index >= 15 is 0 Å². The molecule has 0 saturated carbocycles. The van der Waals surface area contributed by atoms with Crippen molar-refractivity contribution in [2.24, 2.45) is 0 Å². The molecule has 8 nitrogen and oxygen atoms in total. The van der Waals surface area contributed by atoms with Crippen LogP contribution in [0.2, 0.25) is 0 Å². The maximum atomic E-state index is 10.5. The fourth-order valence-corrected chi connectivity index (χ4v) is 1.61. The zero-order valence-corrected chi connectivity index (χ0v) is 14.8. The van der Waals surface area contributed by atoms with Crippen molar-refractivity contribution in [1.82, 2.24) is 0 Å². The molecule has 142 valence electrons. The van der Waals surface area contributed by atoms with E-state index in [2.05, 4.69) is 19.8 Å². The molecule has 8 heteroatoms. The lowest BCUT2D eigenvalue weighted by Crippen LogP contribution is -3.07. The minimum atomic E-state index is -1.07. The Labute approximate surface area is 151 Å². The van der Waals surface area contributed by atoms with Crippen LogP contribution in [0.1, 0.15) is 20.7 Å². The Bertz CT molecular complexity index is 648. The molecule has 0 atom stereocenters. The van der Waals surface area contributed by atoms with Crippen LogP contribution in [-0.2, 0) is 0 Å². The summed E-state index contributed by atoms with van der Waals surface area (Å²) in [5.74, 6) is -2.70. The highest BCUT2D eigenvalue weighted by Gasteiger charge is 1.98. The fourth-order valence-electron chi connectivity index (χ4n) is 1.61. The number of carbonyl (C=O) groups is 2. The van der Waals surface area contributed by atoms with Gasteiger partial charge in [0, 0.05) is 0 Å². The molecule has 0 bridgehead atoms. The molecule has 0 aromatic heterocycles. The molecule has 0 unspecified atom stereocenters. The van der Waals surface area contributed by atoms with Gasteiger partial charge >= 0.3 is 11.9 Å². The van der Waals surface area contributed by atoms with Crippen molar-refractivity contribution >= 4 is 11.9 Å². The third kappa shape index (κ3) is 10.6. The molecule has 0 aliphatic carbocycles. The number of hydrogen-bond donors (Lipinski definition) is 4. The summed E-state index contributed by atoms with van der Waals surface area (Å²) >= 11 is 0. The summed E-state index contributed by atoms with van der Waals surface area (Å²) in [4.78, 5) is 21.9. The Morgan fingerprint density at radius 1 is 0.923 bits per heavy atom. The van der Waals surface area contributed by atoms with Gasteiger partial charge in [-0.25, -0.2) is 9.59 Å². The Kier molecular flexibility index (Phi) is 10.8. The lowest BCUT2D eigenvalue weighted by molar-refractivity contribution is -0.864. The average molecular weight is 364 g/mol. The average Bonchev–Trinajstić information content (AvgIpc) is 2.56. The second-order valence-electron chi connectivity index (χ2n) is 5.48. The van der Waals surface area contributed by atoms with Crippen LogP contribution in [-0.4, -0.2) is 49.3 Å². The van der Waals surface area contributed by atoms with Crippen LogP contribution in [0.3, 0.4) is 0 Å². The molecule has 0 aliphatic heterocycles. The molecule has 0 saturated heterocycles. The Balaban J connectivity index is 0.000000375. The molecule has 2 aromatic rings. The molecular weight excluding hydrogens is 340 g/mol. The Morgan fingerprint density at radius 3 is 1.46 bits per heavy atom. The minimum Gasteiger partial charge on any atom is -0.872 e. The monoisotopic (exact) mass is 364 g/mol. The SMILES string of the molecule is C[NH+](C)CC[NH3+].O=C(O)c1cccc([O-])c1.O=C(O)c1cccc([O-])c1. The third-order valence-electron chi connectivity index (χ3n) is 2.84. The van der Waals surface area contributed by atoms with Gasteiger partial charge in [-0.05, 0) is 12.1 Å². The number of aromatic carboxylic acids is 2. The zero-order chi connectivity index (χ0) is 20.1. The van der Waals surface area contributed by atoms with Crippen molar-refractivity contribution in [3.63, 3.8) is 0 Å². The summed E-state index contributed by atoms with van der Waals surface area (Å²) in [6.45, 7) is 2.22. The molecule has 2 rings (SSSR count). The number of hydrogen-bond acceptors (Lipinski definition) is 4. The second kappa shape index (κ2) is 12.3. The van der Waals surface area contributed by atoms with Gasteiger partial charge < -0.3 is 31.1 Å². The van der Waals surface area contributed by atoms with E-state index < -0.39 is 11.9 Å². The molecule has 0 heterocycles. The number of carboxylic acid groups (broad SMARTS) is 2. The summed E-state index contributed by atoms with van der Waals surface area (Å²) in [5.41, 5.74) is 3.77. The highest BCUT2D eigenvalue weighted by molar-refractivity contribution is 5.88. The van der Waals surface area contributed by atoms with E-state index in [9.17, 15) is 19.8 Å². The van der Waals surface area contributed by atoms with Gasteiger partial charge in [0.25, 0.3) is 0 Å². The molecule has 0 amide bonds. The van der Waals surface area contributed by atoms with E-state index in [-0.39, 0.29) is 22.6 Å². The summed E-state index contributed by atoms with van der Waals surface area (Å²) < 4.78 is 0. The first kappa shape index (κ1) is 22.9. The first-order valence-corrected chi connectivity index (χ1v) is 7.76. The molecule has 26 heavy (non-hydrogen) atoms. The third-order valence-corrected chi connectivity index (χ3v) is 2.84. The summed E-state index contributed by atoms with van der Waals surface area (Å²) in [7, 11) is 4.26. The minimum absolute atomic E-state index is 0.0347. The van der Waals surface area contributed by atoms with Crippen LogP contribution in [0.15, 0.2) is 48.5 Å². The fraction of sp³-hybridized carbons (Fsp3) is 0.222. The predicted octanol–water partition coefficient (Wildman–Crippen LogP) is -1.71. The van der Waals surface area contributed by atoms with Crippen LogP contribution in [0, 0.1) is 0 Å². The molecular formula is C18H24N2O6. The van der Waals surface area contributed by atoms with E-state index in [1.54, 1.807) is 0 Å². The first-order chi connectivity index (χ1) is 12.2.